The van der Waals surface area contributed by atoms with E-state index in [1.54, 1.807) is 30.0 Å². The zero-order chi connectivity index (χ0) is 14.4. The van der Waals surface area contributed by atoms with E-state index in [4.69, 9.17) is 5.26 Å². The number of thioether (sulfide) groups is 1. The van der Waals surface area contributed by atoms with Gasteiger partial charge < -0.3 is 5.32 Å². The Morgan fingerprint density at radius 3 is 2.85 bits per heavy atom. The molecule has 1 atom stereocenters. The van der Waals surface area contributed by atoms with Crippen molar-refractivity contribution in [2.75, 3.05) is 5.32 Å². The molecular formula is C16H20N2OS. The minimum atomic E-state index is -0.0520. The number of nitriles is 1. The highest BCUT2D eigenvalue weighted by Crippen LogP contribution is 2.31. The van der Waals surface area contributed by atoms with Crippen LogP contribution in [0.5, 0.6) is 0 Å². The van der Waals surface area contributed by atoms with E-state index in [1.165, 1.54) is 32.1 Å². The van der Waals surface area contributed by atoms with E-state index in [2.05, 4.69) is 11.4 Å². The Morgan fingerprint density at radius 2 is 2.15 bits per heavy atom. The number of carbonyl (C=O) groups is 1. The van der Waals surface area contributed by atoms with Crippen LogP contribution in [0.15, 0.2) is 24.3 Å². The number of nitrogens with zero attached hydrogens (tertiary/aromatic N) is 1. The molecule has 2 rings (SSSR count). The second kappa shape index (κ2) is 7.35. The molecule has 106 valence electrons. The zero-order valence-electron chi connectivity index (χ0n) is 11.8. The lowest BCUT2D eigenvalue weighted by molar-refractivity contribution is -0.115. The third kappa shape index (κ3) is 4.28. The van der Waals surface area contributed by atoms with Crippen molar-refractivity contribution < 1.29 is 4.79 Å². The van der Waals surface area contributed by atoms with Crippen molar-refractivity contribution in [3.8, 4) is 6.07 Å². The summed E-state index contributed by atoms with van der Waals surface area (Å²) in [5.41, 5.74) is 1.26. The standard InChI is InChI=1S/C16H20N2OS/c1-12(20-15-8-3-2-4-9-15)16(19)18-14-7-5-6-13(10-14)11-17/h5-7,10,12,15H,2-4,8-9H2,1H3,(H,18,19)/t12-/m0/s1. The van der Waals surface area contributed by atoms with Crippen LogP contribution in [0.25, 0.3) is 0 Å². The van der Waals surface area contributed by atoms with Crippen molar-refractivity contribution in [2.24, 2.45) is 0 Å². The molecule has 0 radical (unpaired) electrons. The number of carbonyl (C=O) groups excluding carboxylic acids is 1. The summed E-state index contributed by atoms with van der Waals surface area (Å²) in [5, 5.41) is 12.3. The predicted octanol–water partition coefficient (Wildman–Crippen LogP) is 3.95. The van der Waals surface area contributed by atoms with Crippen LogP contribution in [-0.4, -0.2) is 16.4 Å². The van der Waals surface area contributed by atoms with Crippen LogP contribution < -0.4 is 5.32 Å². The highest BCUT2D eigenvalue weighted by molar-refractivity contribution is 8.01. The van der Waals surface area contributed by atoms with Crippen LogP contribution >= 0.6 is 11.8 Å². The van der Waals surface area contributed by atoms with Gasteiger partial charge in [-0.2, -0.15) is 5.26 Å². The lowest BCUT2D eigenvalue weighted by Crippen LogP contribution is -2.25. The van der Waals surface area contributed by atoms with E-state index in [0.717, 1.165) is 0 Å². The second-order valence-corrected chi connectivity index (χ2v) is 6.87. The number of nitrogens with one attached hydrogen (secondary N) is 1. The molecule has 0 aliphatic heterocycles. The van der Waals surface area contributed by atoms with Gasteiger partial charge in [-0.15, -0.1) is 11.8 Å². The van der Waals surface area contributed by atoms with Gasteiger partial charge in [0.15, 0.2) is 0 Å². The molecule has 0 bridgehead atoms. The highest BCUT2D eigenvalue weighted by Gasteiger charge is 2.21. The molecule has 0 unspecified atom stereocenters. The largest absolute Gasteiger partial charge is 0.325 e. The van der Waals surface area contributed by atoms with Crippen LogP contribution in [0.4, 0.5) is 5.69 Å². The van der Waals surface area contributed by atoms with E-state index in [1.807, 2.05) is 13.0 Å². The summed E-state index contributed by atoms with van der Waals surface area (Å²) < 4.78 is 0. The minimum Gasteiger partial charge on any atom is -0.325 e. The number of anilines is 1. The van der Waals surface area contributed by atoms with Crippen LogP contribution in [0.2, 0.25) is 0 Å². The maximum absolute atomic E-state index is 12.2. The summed E-state index contributed by atoms with van der Waals surface area (Å²) in [5.74, 6) is 0.0238. The quantitative estimate of drug-likeness (QED) is 0.912. The van der Waals surface area contributed by atoms with Crippen LogP contribution in [0.3, 0.4) is 0 Å². The van der Waals surface area contributed by atoms with Crippen LogP contribution in [0.1, 0.15) is 44.6 Å². The number of hydrogen-bond acceptors (Lipinski definition) is 3. The van der Waals surface area contributed by atoms with Gasteiger partial charge in [0.1, 0.15) is 0 Å². The molecule has 1 aliphatic carbocycles. The predicted molar refractivity (Wildman–Crippen MR) is 83.7 cm³/mol. The Morgan fingerprint density at radius 1 is 1.40 bits per heavy atom. The molecule has 1 N–H and O–H groups in total. The molecule has 3 nitrogen and oxygen atoms in total. The Hall–Kier alpha value is -1.47. The van der Waals surface area contributed by atoms with E-state index in [-0.39, 0.29) is 11.2 Å². The molecule has 1 amide bonds. The van der Waals surface area contributed by atoms with Crippen molar-refractivity contribution in [1.29, 1.82) is 5.26 Å². The number of rotatable bonds is 4. The summed E-state index contributed by atoms with van der Waals surface area (Å²) in [6.07, 6.45) is 6.36. The SMILES string of the molecule is C[C@H](SC1CCCCC1)C(=O)Nc1cccc(C#N)c1. The van der Waals surface area contributed by atoms with Gasteiger partial charge in [-0.1, -0.05) is 25.3 Å². The second-order valence-electron chi connectivity index (χ2n) is 5.22. The van der Waals surface area contributed by atoms with Gasteiger partial charge in [0.05, 0.1) is 16.9 Å². The molecule has 0 spiro atoms. The van der Waals surface area contributed by atoms with E-state index in [0.29, 0.717) is 16.5 Å². The maximum Gasteiger partial charge on any atom is 0.237 e. The first kappa shape index (κ1) is 14.9. The van der Waals surface area contributed by atoms with Gasteiger partial charge in [-0.05, 0) is 38.0 Å². The minimum absolute atomic E-state index is 0.0238. The monoisotopic (exact) mass is 288 g/mol. The molecule has 0 heterocycles. The third-order valence-electron chi connectivity index (χ3n) is 3.58. The number of hydrogen-bond donors (Lipinski definition) is 1. The van der Waals surface area contributed by atoms with Gasteiger partial charge in [-0.25, -0.2) is 0 Å². The molecule has 0 saturated heterocycles. The molecule has 1 aromatic carbocycles. The summed E-state index contributed by atoms with van der Waals surface area (Å²) in [6.45, 7) is 1.96. The Kier molecular flexibility index (Phi) is 5.49. The normalized spacial score (nSPS) is 17.2. The van der Waals surface area contributed by atoms with Crippen LogP contribution in [-0.2, 0) is 4.79 Å². The molecule has 1 saturated carbocycles. The van der Waals surface area contributed by atoms with E-state index >= 15 is 0 Å². The first-order valence-corrected chi connectivity index (χ1v) is 8.10. The molecule has 1 aliphatic rings. The van der Waals surface area contributed by atoms with Gasteiger partial charge >= 0.3 is 0 Å². The van der Waals surface area contributed by atoms with Crippen molar-refractivity contribution >= 4 is 23.4 Å². The summed E-state index contributed by atoms with van der Waals surface area (Å²) in [6, 6.07) is 9.12. The Balaban J connectivity index is 1.88. The third-order valence-corrected chi connectivity index (χ3v) is 5.06. The average Bonchev–Trinajstić information content (AvgIpc) is 2.48. The molecular weight excluding hydrogens is 268 g/mol. The molecule has 20 heavy (non-hydrogen) atoms. The van der Waals surface area contributed by atoms with Crippen molar-refractivity contribution in [2.45, 2.75) is 49.5 Å². The summed E-state index contributed by atoms with van der Waals surface area (Å²) in [7, 11) is 0. The van der Waals surface area contributed by atoms with Gasteiger partial charge in [0.25, 0.3) is 0 Å². The maximum atomic E-state index is 12.2. The molecule has 1 aromatic rings. The van der Waals surface area contributed by atoms with Crippen LogP contribution in [0, 0.1) is 11.3 Å². The summed E-state index contributed by atoms with van der Waals surface area (Å²) in [4.78, 5) is 12.2. The smallest absolute Gasteiger partial charge is 0.237 e. The number of benzene rings is 1. The molecule has 4 heteroatoms. The van der Waals surface area contributed by atoms with Crippen molar-refractivity contribution in [3.05, 3.63) is 29.8 Å². The first-order chi connectivity index (χ1) is 9.69. The Labute approximate surface area is 124 Å². The van der Waals surface area contributed by atoms with E-state index in [9.17, 15) is 4.79 Å². The lowest BCUT2D eigenvalue weighted by Gasteiger charge is -2.23. The summed E-state index contributed by atoms with van der Waals surface area (Å²) >= 11 is 1.78. The topological polar surface area (TPSA) is 52.9 Å². The fraction of sp³-hybridized carbons (Fsp3) is 0.500. The van der Waals surface area contributed by atoms with Crippen molar-refractivity contribution in [1.82, 2.24) is 0 Å². The van der Waals surface area contributed by atoms with Crippen molar-refractivity contribution in [3.63, 3.8) is 0 Å². The number of amides is 1. The average molecular weight is 288 g/mol. The van der Waals surface area contributed by atoms with Gasteiger partial charge in [0.2, 0.25) is 5.91 Å². The Bertz CT molecular complexity index is 503. The fourth-order valence-electron chi connectivity index (χ4n) is 2.46. The lowest BCUT2D eigenvalue weighted by atomic mass is 10.0. The van der Waals surface area contributed by atoms with Gasteiger partial charge in [-0.3, -0.25) is 4.79 Å². The first-order valence-electron chi connectivity index (χ1n) is 7.15. The van der Waals surface area contributed by atoms with E-state index < -0.39 is 0 Å². The highest BCUT2D eigenvalue weighted by atomic mass is 32.2. The molecule has 1 fully saturated rings. The molecule has 0 aromatic heterocycles. The zero-order valence-corrected chi connectivity index (χ0v) is 12.6. The fourth-order valence-corrected chi connectivity index (χ4v) is 3.83. The van der Waals surface area contributed by atoms with Gasteiger partial charge in [0, 0.05) is 10.9 Å².